The maximum Gasteiger partial charge on any atom is 0.412 e. The van der Waals surface area contributed by atoms with Crippen LogP contribution in [-0.2, 0) is 16.1 Å². The molecule has 0 saturated heterocycles. The Morgan fingerprint density at radius 3 is 2.28 bits per heavy atom. The van der Waals surface area contributed by atoms with Crippen LogP contribution in [0.4, 0.5) is 4.79 Å². The lowest BCUT2D eigenvalue weighted by molar-refractivity contribution is -0.132. The van der Waals surface area contributed by atoms with E-state index in [0.29, 0.717) is 11.5 Å². The second-order valence-electron chi connectivity index (χ2n) is 5.87. The van der Waals surface area contributed by atoms with Crippen molar-refractivity contribution in [2.45, 2.75) is 26.4 Å². The van der Waals surface area contributed by atoms with Crippen LogP contribution in [-0.4, -0.2) is 17.2 Å². The van der Waals surface area contributed by atoms with E-state index in [4.69, 9.17) is 4.74 Å². The molecule has 0 fully saturated rings. The molecule has 2 rings (SSSR count). The van der Waals surface area contributed by atoms with Crippen LogP contribution in [0.25, 0.3) is 6.08 Å². The maximum absolute atomic E-state index is 11.8. The number of hydrogen-bond donors (Lipinski definition) is 2. The van der Waals surface area contributed by atoms with Crippen LogP contribution < -0.4 is 5.32 Å². The molecule has 1 amide bonds. The van der Waals surface area contributed by atoms with Crippen molar-refractivity contribution in [3.05, 3.63) is 77.0 Å². The Hall–Kier alpha value is -3.08. The summed E-state index contributed by atoms with van der Waals surface area (Å²) in [6.07, 6.45) is 0.590. The third kappa shape index (κ3) is 5.80. The van der Waals surface area contributed by atoms with Crippen molar-refractivity contribution in [2.75, 3.05) is 0 Å². The fourth-order valence-electron chi connectivity index (χ4n) is 2.16. The molecule has 0 aliphatic carbocycles. The van der Waals surface area contributed by atoms with Gasteiger partial charge in [0.15, 0.2) is 0 Å². The highest BCUT2D eigenvalue weighted by atomic mass is 16.5. The lowest BCUT2D eigenvalue weighted by Gasteiger charge is -2.08. The molecule has 0 aromatic heterocycles. The van der Waals surface area contributed by atoms with Crippen LogP contribution in [0, 0.1) is 0 Å². The first-order chi connectivity index (χ1) is 12.0. The van der Waals surface area contributed by atoms with E-state index >= 15 is 0 Å². The summed E-state index contributed by atoms with van der Waals surface area (Å²) in [7, 11) is 0. The molecule has 130 valence electrons. The summed E-state index contributed by atoms with van der Waals surface area (Å²) >= 11 is 0. The van der Waals surface area contributed by atoms with Crippen LogP contribution >= 0.6 is 0 Å². The molecule has 0 unspecified atom stereocenters. The first-order valence-electron chi connectivity index (χ1n) is 7.98. The van der Waals surface area contributed by atoms with Crippen LogP contribution in [0.1, 0.15) is 36.5 Å². The third-order valence-corrected chi connectivity index (χ3v) is 3.59. The van der Waals surface area contributed by atoms with E-state index in [-0.39, 0.29) is 12.3 Å². The number of nitrogens with one attached hydrogen (secondary N) is 1. The van der Waals surface area contributed by atoms with Gasteiger partial charge in [-0.3, -0.25) is 5.32 Å². The van der Waals surface area contributed by atoms with Crippen molar-refractivity contribution in [3.63, 3.8) is 0 Å². The van der Waals surface area contributed by atoms with Crippen LogP contribution in [0.2, 0.25) is 0 Å². The summed E-state index contributed by atoms with van der Waals surface area (Å²) in [4.78, 5) is 23.2. The number of aliphatic carboxylic acids is 1. The molecule has 0 aliphatic rings. The third-order valence-electron chi connectivity index (χ3n) is 3.59. The Bertz CT molecular complexity index is 749. The number of carboxylic acid groups (broad SMARTS) is 1. The smallest absolute Gasteiger partial charge is 0.412 e. The van der Waals surface area contributed by atoms with Crippen molar-refractivity contribution < 1.29 is 19.4 Å². The van der Waals surface area contributed by atoms with Crippen molar-refractivity contribution in [1.82, 2.24) is 5.32 Å². The quantitative estimate of drug-likeness (QED) is 0.775. The van der Waals surface area contributed by atoms with Gasteiger partial charge in [0, 0.05) is 0 Å². The zero-order valence-electron chi connectivity index (χ0n) is 14.2. The fourth-order valence-corrected chi connectivity index (χ4v) is 2.16. The van der Waals surface area contributed by atoms with E-state index in [2.05, 4.69) is 19.2 Å². The van der Waals surface area contributed by atoms with Crippen molar-refractivity contribution in [1.29, 1.82) is 0 Å². The minimum Gasteiger partial charge on any atom is -0.477 e. The van der Waals surface area contributed by atoms with E-state index in [1.54, 1.807) is 0 Å². The Morgan fingerprint density at radius 2 is 1.72 bits per heavy atom. The largest absolute Gasteiger partial charge is 0.477 e. The highest BCUT2D eigenvalue weighted by Crippen LogP contribution is 2.16. The number of alkyl carbamates (subject to hydrolysis) is 1. The molecule has 25 heavy (non-hydrogen) atoms. The predicted molar refractivity (Wildman–Crippen MR) is 95.9 cm³/mol. The molecule has 2 aromatic rings. The maximum atomic E-state index is 11.8. The van der Waals surface area contributed by atoms with Crippen LogP contribution in [0.3, 0.4) is 0 Å². The molecule has 5 nitrogen and oxygen atoms in total. The zero-order chi connectivity index (χ0) is 18.2. The molecule has 2 aromatic carbocycles. The van der Waals surface area contributed by atoms with E-state index in [9.17, 15) is 14.7 Å². The molecule has 0 spiro atoms. The average Bonchev–Trinajstić information content (AvgIpc) is 2.60. The number of benzene rings is 2. The molecule has 0 bridgehead atoms. The average molecular weight is 339 g/mol. The van der Waals surface area contributed by atoms with Gasteiger partial charge in [0.05, 0.1) is 0 Å². The molecule has 0 atom stereocenters. The first-order valence-corrected chi connectivity index (χ1v) is 7.98. The minimum absolute atomic E-state index is 0.0721. The van der Waals surface area contributed by atoms with Crippen LogP contribution in [0.15, 0.2) is 60.3 Å². The molecular weight excluding hydrogens is 318 g/mol. The number of hydrogen-bond acceptors (Lipinski definition) is 3. The van der Waals surface area contributed by atoms with E-state index in [1.165, 1.54) is 6.08 Å². The number of rotatable bonds is 6. The number of carbonyl (C=O) groups is 2. The molecular formula is C20H21NO4. The summed E-state index contributed by atoms with van der Waals surface area (Å²) in [5.41, 5.74) is 2.42. The molecule has 2 N–H and O–H groups in total. The summed E-state index contributed by atoms with van der Waals surface area (Å²) in [6, 6.07) is 16.7. The number of amides is 1. The van der Waals surface area contributed by atoms with Gasteiger partial charge in [-0.15, -0.1) is 0 Å². The van der Waals surface area contributed by atoms with Gasteiger partial charge < -0.3 is 9.84 Å². The normalized spacial score (nSPS) is 11.2. The van der Waals surface area contributed by atoms with Gasteiger partial charge in [-0.05, 0) is 28.7 Å². The van der Waals surface area contributed by atoms with Gasteiger partial charge >= 0.3 is 12.1 Å². The van der Waals surface area contributed by atoms with E-state index in [0.717, 1.165) is 11.1 Å². The Kier molecular flexibility index (Phi) is 6.34. The molecule has 0 radical (unpaired) electrons. The molecule has 0 saturated carbocycles. The highest BCUT2D eigenvalue weighted by Gasteiger charge is 2.13. The number of carboxylic acids is 1. The Morgan fingerprint density at radius 1 is 1.08 bits per heavy atom. The Labute approximate surface area is 146 Å². The van der Waals surface area contributed by atoms with Crippen molar-refractivity contribution in [2.24, 2.45) is 0 Å². The standard InChI is InChI=1S/C20H21NO4/c1-14(2)17-10-8-15(9-11-17)12-18(19(22)23)21-20(24)25-13-16-6-4-3-5-7-16/h3-12,14H,13H2,1-2H3,(H,21,24)(H,22,23)/b18-12+. The summed E-state index contributed by atoms with van der Waals surface area (Å²) in [5, 5.41) is 11.5. The summed E-state index contributed by atoms with van der Waals surface area (Å²) in [6.45, 7) is 4.23. The fraction of sp³-hybridized carbons (Fsp3) is 0.200. The number of ether oxygens (including phenoxy) is 1. The lowest BCUT2D eigenvalue weighted by Crippen LogP contribution is -2.27. The van der Waals surface area contributed by atoms with E-state index < -0.39 is 12.1 Å². The highest BCUT2D eigenvalue weighted by molar-refractivity contribution is 5.95. The molecule has 0 heterocycles. The van der Waals surface area contributed by atoms with Crippen molar-refractivity contribution >= 4 is 18.1 Å². The number of carbonyl (C=O) groups excluding carboxylic acids is 1. The lowest BCUT2D eigenvalue weighted by atomic mass is 10.0. The van der Waals surface area contributed by atoms with Crippen LogP contribution in [0.5, 0.6) is 0 Å². The van der Waals surface area contributed by atoms with Gasteiger partial charge in [-0.2, -0.15) is 0 Å². The Balaban J connectivity index is 2.02. The van der Waals surface area contributed by atoms with Gasteiger partial charge in [0.25, 0.3) is 0 Å². The molecule has 5 heteroatoms. The van der Waals surface area contributed by atoms with Gasteiger partial charge in [-0.25, -0.2) is 9.59 Å². The minimum atomic E-state index is -1.23. The first kappa shape index (κ1) is 18.3. The predicted octanol–water partition coefficient (Wildman–Crippen LogP) is 4.16. The van der Waals surface area contributed by atoms with Gasteiger partial charge in [0.2, 0.25) is 0 Å². The molecule has 0 aliphatic heterocycles. The summed E-state index contributed by atoms with van der Waals surface area (Å²) < 4.78 is 5.04. The zero-order valence-corrected chi connectivity index (χ0v) is 14.2. The topological polar surface area (TPSA) is 75.6 Å². The summed E-state index contributed by atoms with van der Waals surface area (Å²) in [5.74, 6) is -0.840. The second-order valence-corrected chi connectivity index (χ2v) is 5.87. The van der Waals surface area contributed by atoms with Gasteiger partial charge in [-0.1, -0.05) is 68.4 Å². The second kappa shape index (κ2) is 8.68. The van der Waals surface area contributed by atoms with Gasteiger partial charge in [0.1, 0.15) is 12.3 Å². The SMILES string of the molecule is CC(C)c1ccc(/C=C(/NC(=O)OCc2ccccc2)C(=O)O)cc1. The monoisotopic (exact) mass is 339 g/mol. The van der Waals surface area contributed by atoms with Crippen molar-refractivity contribution in [3.8, 4) is 0 Å². The van der Waals surface area contributed by atoms with E-state index in [1.807, 2.05) is 54.6 Å².